The lowest BCUT2D eigenvalue weighted by atomic mass is 9.97. The summed E-state index contributed by atoms with van der Waals surface area (Å²) >= 11 is 0. The molecule has 106 valence electrons. The molecular weight excluding hydrogens is 268 g/mol. The third kappa shape index (κ3) is 2.86. The first-order valence-corrected chi connectivity index (χ1v) is 7.45. The van der Waals surface area contributed by atoms with Gasteiger partial charge in [-0.2, -0.15) is 4.31 Å². The minimum atomic E-state index is -3.71. The van der Waals surface area contributed by atoms with Crippen molar-refractivity contribution in [3.8, 4) is 0 Å². The van der Waals surface area contributed by atoms with Gasteiger partial charge in [-0.05, 0) is 31.9 Å². The number of rotatable bonds is 3. The van der Waals surface area contributed by atoms with Crippen LogP contribution in [0, 0.1) is 0 Å². The number of hydrogen-bond donors (Lipinski definition) is 3. The fourth-order valence-corrected chi connectivity index (χ4v) is 3.93. The van der Waals surface area contributed by atoms with Gasteiger partial charge in [0.25, 0.3) is 0 Å². The van der Waals surface area contributed by atoms with Crippen LogP contribution < -0.4 is 11.3 Å². The second-order valence-corrected chi connectivity index (χ2v) is 6.84. The van der Waals surface area contributed by atoms with Crippen LogP contribution in [-0.2, 0) is 10.0 Å². The SMILES string of the molecule is CC1(O)CCCN(S(=O)(=O)c2cccnc2NN)C1. The Balaban J connectivity index is 2.37. The number of aliphatic hydroxyl groups is 1. The molecule has 1 aromatic heterocycles. The number of nitrogens with one attached hydrogen (secondary N) is 1. The van der Waals surface area contributed by atoms with Crippen molar-refractivity contribution in [1.82, 2.24) is 9.29 Å². The van der Waals surface area contributed by atoms with Crippen LogP contribution in [0.4, 0.5) is 5.82 Å². The predicted molar refractivity (Wildman–Crippen MR) is 70.7 cm³/mol. The van der Waals surface area contributed by atoms with Crippen LogP contribution >= 0.6 is 0 Å². The Morgan fingerprint density at radius 3 is 2.95 bits per heavy atom. The van der Waals surface area contributed by atoms with Crippen molar-refractivity contribution < 1.29 is 13.5 Å². The number of aromatic nitrogens is 1. The van der Waals surface area contributed by atoms with E-state index in [0.717, 1.165) is 0 Å². The van der Waals surface area contributed by atoms with Crippen LogP contribution in [0.5, 0.6) is 0 Å². The molecule has 0 radical (unpaired) electrons. The molecule has 0 aliphatic carbocycles. The van der Waals surface area contributed by atoms with Crippen LogP contribution in [0.3, 0.4) is 0 Å². The molecule has 8 heteroatoms. The molecule has 0 saturated carbocycles. The highest BCUT2D eigenvalue weighted by molar-refractivity contribution is 7.89. The fraction of sp³-hybridized carbons (Fsp3) is 0.545. The highest BCUT2D eigenvalue weighted by Crippen LogP contribution is 2.28. The molecule has 0 spiro atoms. The van der Waals surface area contributed by atoms with Gasteiger partial charge in [0.05, 0.1) is 5.60 Å². The smallest absolute Gasteiger partial charge is 0.246 e. The molecule has 2 heterocycles. The van der Waals surface area contributed by atoms with Gasteiger partial charge in [0.15, 0.2) is 5.82 Å². The zero-order valence-corrected chi connectivity index (χ0v) is 11.5. The molecule has 1 atom stereocenters. The van der Waals surface area contributed by atoms with Crippen molar-refractivity contribution in [3.63, 3.8) is 0 Å². The van der Waals surface area contributed by atoms with Crippen LogP contribution in [0.25, 0.3) is 0 Å². The van der Waals surface area contributed by atoms with Crippen LogP contribution in [-0.4, -0.2) is 41.5 Å². The van der Waals surface area contributed by atoms with Gasteiger partial charge in [-0.15, -0.1) is 0 Å². The monoisotopic (exact) mass is 286 g/mol. The number of sulfonamides is 1. The van der Waals surface area contributed by atoms with Crippen molar-refractivity contribution in [2.45, 2.75) is 30.3 Å². The molecule has 4 N–H and O–H groups in total. The summed E-state index contributed by atoms with van der Waals surface area (Å²) in [5.74, 6) is 5.39. The van der Waals surface area contributed by atoms with Gasteiger partial charge in [0, 0.05) is 19.3 Å². The van der Waals surface area contributed by atoms with E-state index >= 15 is 0 Å². The summed E-state index contributed by atoms with van der Waals surface area (Å²) in [4.78, 5) is 3.91. The van der Waals surface area contributed by atoms with E-state index in [0.29, 0.717) is 19.4 Å². The van der Waals surface area contributed by atoms with Crippen LogP contribution in [0.1, 0.15) is 19.8 Å². The average molecular weight is 286 g/mol. The highest BCUT2D eigenvalue weighted by atomic mass is 32.2. The lowest BCUT2D eigenvalue weighted by molar-refractivity contribution is 0.00940. The number of pyridine rings is 1. The van der Waals surface area contributed by atoms with Gasteiger partial charge in [-0.1, -0.05) is 0 Å². The van der Waals surface area contributed by atoms with Crippen LogP contribution in [0.2, 0.25) is 0 Å². The first-order chi connectivity index (χ1) is 8.87. The second kappa shape index (κ2) is 5.04. The van der Waals surface area contributed by atoms with Gasteiger partial charge >= 0.3 is 0 Å². The van der Waals surface area contributed by atoms with E-state index in [1.54, 1.807) is 6.92 Å². The number of β-amino-alcohol motifs (C(OH)–C–C–N with tert-alkyl or cyclic N) is 1. The van der Waals surface area contributed by atoms with E-state index in [9.17, 15) is 13.5 Å². The summed E-state index contributed by atoms with van der Waals surface area (Å²) in [5, 5.41) is 10.0. The maximum atomic E-state index is 12.5. The Labute approximate surface area is 112 Å². The van der Waals surface area contributed by atoms with Gasteiger partial charge in [-0.3, -0.25) is 0 Å². The number of anilines is 1. The summed E-state index contributed by atoms with van der Waals surface area (Å²) in [6.45, 7) is 2.10. The van der Waals surface area contributed by atoms with Crippen molar-refractivity contribution in [1.29, 1.82) is 0 Å². The van der Waals surface area contributed by atoms with Crippen molar-refractivity contribution in [3.05, 3.63) is 18.3 Å². The van der Waals surface area contributed by atoms with Gasteiger partial charge in [0.1, 0.15) is 4.90 Å². The molecule has 1 aliphatic heterocycles. The number of nitrogens with two attached hydrogens (primary N) is 1. The number of nitrogen functional groups attached to an aromatic ring is 1. The van der Waals surface area contributed by atoms with Crippen molar-refractivity contribution in [2.24, 2.45) is 5.84 Å². The third-order valence-corrected chi connectivity index (χ3v) is 5.04. The minimum absolute atomic E-state index is 0.0233. The molecule has 1 aromatic rings. The first-order valence-electron chi connectivity index (χ1n) is 6.01. The predicted octanol–water partition coefficient (Wildman–Crippen LogP) is -0.0973. The number of piperidine rings is 1. The summed E-state index contributed by atoms with van der Waals surface area (Å²) in [7, 11) is -3.71. The summed E-state index contributed by atoms with van der Waals surface area (Å²) in [6, 6.07) is 2.98. The zero-order chi connectivity index (χ0) is 14.1. The molecule has 19 heavy (non-hydrogen) atoms. The zero-order valence-electron chi connectivity index (χ0n) is 10.7. The third-order valence-electron chi connectivity index (χ3n) is 3.17. The molecule has 1 unspecified atom stereocenters. The van der Waals surface area contributed by atoms with E-state index in [2.05, 4.69) is 10.4 Å². The molecule has 0 amide bonds. The van der Waals surface area contributed by atoms with E-state index in [-0.39, 0.29) is 17.3 Å². The second-order valence-electron chi connectivity index (χ2n) is 4.93. The minimum Gasteiger partial charge on any atom is -0.389 e. The summed E-state index contributed by atoms with van der Waals surface area (Å²) < 4.78 is 26.3. The Morgan fingerprint density at radius 1 is 1.58 bits per heavy atom. The molecule has 7 nitrogen and oxygen atoms in total. The molecule has 2 rings (SSSR count). The Hall–Kier alpha value is -1.22. The molecule has 0 aromatic carbocycles. The number of hydrazine groups is 1. The molecule has 1 aliphatic rings. The van der Waals surface area contributed by atoms with Crippen molar-refractivity contribution in [2.75, 3.05) is 18.5 Å². The Bertz CT molecular complexity index is 559. The van der Waals surface area contributed by atoms with E-state index in [4.69, 9.17) is 5.84 Å². The largest absolute Gasteiger partial charge is 0.389 e. The Kier molecular flexibility index (Phi) is 3.77. The average Bonchev–Trinajstić information content (AvgIpc) is 2.37. The molecule has 1 fully saturated rings. The fourth-order valence-electron chi connectivity index (χ4n) is 2.23. The van der Waals surface area contributed by atoms with Gasteiger partial charge < -0.3 is 10.5 Å². The van der Waals surface area contributed by atoms with E-state index < -0.39 is 15.6 Å². The number of nitrogens with zero attached hydrogens (tertiary/aromatic N) is 2. The van der Waals surface area contributed by atoms with E-state index in [1.807, 2.05) is 0 Å². The first kappa shape index (κ1) is 14.2. The Morgan fingerprint density at radius 2 is 2.32 bits per heavy atom. The quantitative estimate of drug-likeness (QED) is 0.529. The topological polar surface area (TPSA) is 109 Å². The maximum absolute atomic E-state index is 12.5. The molecule has 0 bridgehead atoms. The molecule has 1 saturated heterocycles. The van der Waals surface area contributed by atoms with E-state index in [1.165, 1.54) is 22.6 Å². The van der Waals surface area contributed by atoms with Gasteiger partial charge in [-0.25, -0.2) is 19.2 Å². The van der Waals surface area contributed by atoms with Gasteiger partial charge in [0.2, 0.25) is 10.0 Å². The maximum Gasteiger partial charge on any atom is 0.246 e. The lowest BCUT2D eigenvalue weighted by Gasteiger charge is -2.36. The molecular formula is C11H18N4O3S. The lowest BCUT2D eigenvalue weighted by Crippen LogP contribution is -2.48. The standard InChI is InChI=1S/C11H18N4O3S/c1-11(16)5-3-7-15(8-11)19(17,18)9-4-2-6-13-10(9)14-12/h2,4,6,16H,3,5,7-8,12H2,1H3,(H,13,14). The highest BCUT2D eigenvalue weighted by Gasteiger charge is 2.36. The summed E-state index contributed by atoms with van der Waals surface area (Å²) in [5.41, 5.74) is 1.29. The van der Waals surface area contributed by atoms with Crippen molar-refractivity contribution >= 4 is 15.8 Å². The van der Waals surface area contributed by atoms with Crippen LogP contribution in [0.15, 0.2) is 23.2 Å². The number of hydrogen-bond acceptors (Lipinski definition) is 6. The normalized spacial score (nSPS) is 25.2. The summed E-state index contributed by atoms with van der Waals surface area (Å²) in [6.07, 6.45) is 2.67.